The lowest BCUT2D eigenvalue weighted by molar-refractivity contribution is -0.122. The van der Waals surface area contributed by atoms with Crippen LogP contribution < -0.4 is 10.9 Å². The predicted molar refractivity (Wildman–Crippen MR) is 105 cm³/mol. The number of amides is 1. The van der Waals surface area contributed by atoms with Crippen molar-refractivity contribution in [3.8, 4) is 0 Å². The number of thiophene rings is 1. The maximum atomic E-state index is 12.6. The van der Waals surface area contributed by atoms with Crippen LogP contribution in [0.4, 0.5) is 0 Å². The first-order chi connectivity index (χ1) is 13.2. The lowest BCUT2D eigenvalue weighted by Gasteiger charge is -2.18. The number of carbonyl (C=O) groups excluding carboxylic acids is 1. The van der Waals surface area contributed by atoms with Crippen LogP contribution in [0.2, 0.25) is 0 Å². The molecule has 1 amide bonds. The Labute approximate surface area is 159 Å². The molecule has 0 saturated carbocycles. The molecule has 0 radical (unpaired) electrons. The summed E-state index contributed by atoms with van der Waals surface area (Å²) in [5.41, 5.74) is 1.16. The molecule has 6 nitrogen and oxygen atoms in total. The van der Waals surface area contributed by atoms with Gasteiger partial charge in [-0.05, 0) is 29.1 Å². The first kappa shape index (κ1) is 17.1. The zero-order valence-corrected chi connectivity index (χ0v) is 15.1. The molecule has 2 aromatic heterocycles. The number of aromatic nitrogens is 3. The van der Waals surface area contributed by atoms with Gasteiger partial charge in [0, 0.05) is 4.88 Å². The summed E-state index contributed by atoms with van der Waals surface area (Å²) in [4.78, 5) is 26.2. The molecule has 134 valence electrons. The second-order valence-electron chi connectivity index (χ2n) is 6.00. The summed E-state index contributed by atoms with van der Waals surface area (Å²) < 4.78 is 1.09. The van der Waals surface area contributed by atoms with Crippen LogP contribution in [0.5, 0.6) is 0 Å². The largest absolute Gasteiger partial charge is 0.343 e. The molecule has 27 heavy (non-hydrogen) atoms. The number of fused-ring (bicyclic) bond motifs is 1. The van der Waals surface area contributed by atoms with Gasteiger partial charge in [-0.25, -0.2) is 4.68 Å². The summed E-state index contributed by atoms with van der Waals surface area (Å²) in [5, 5.41) is 13.3. The van der Waals surface area contributed by atoms with Crippen LogP contribution in [0.25, 0.3) is 10.9 Å². The van der Waals surface area contributed by atoms with Gasteiger partial charge in [0.05, 0.1) is 11.4 Å². The molecule has 0 spiro atoms. The second-order valence-corrected chi connectivity index (χ2v) is 6.98. The number of hydrogen-bond donors (Lipinski definition) is 1. The van der Waals surface area contributed by atoms with E-state index in [1.807, 2.05) is 47.8 Å². The molecule has 7 heteroatoms. The van der Waals surface area contributed by atoms with Gasteiger partial charge in [0.1, 0.15) is 12.1 Å². The number of nitrogens with one attached hydrogen (secondary N) is 1. The molecule has 1 atom stereocenters. The van der Waals surface area contributed by atoms with Crippen LogP contribution in [-0.4, -0.2) is 20.9 Å². The van der Waals surface area contributed by atoms with Crippen LogP contribution >= 0.6 is 11.3 Å². The Balaban J connectivity index is 1.59. The van der Waals surface area contributed by atoms with Crippen LogP contribution in [-0.2, 0) is 11.3 Å². The zero-order valence-electron chi connectivity index (χ0n) is 14.3. The van der Waals surface area contributed by atoms with Crippen molar-refractivity contribution in [3.63, 3.8) is 0 Å². The van der Waals surface area contributed by atoms with Crippen LogP contribution in [0.3, 0.4) is 0 Å². The van der Waals surface area contributed by atoms with Crippen molar-refractivity contribution in [2.24, 2.45) is 0 Å². The molecule has 2 aromatic carbocycles. The van der Waals surface area contributed by atoms with E-state index in [9.17, 15) is 9.59 Å². The highest BCUT2D eigenvalue weighted by Gasteiger charge is 2.18. The monoisotopic (exact) mass is 376 g/mol. The Morgan fingerprint density at radius 1 is 1.04 bits per heavy atom. The van der Waals surface area contributed by atoms with E-state index >= 15 is 0 Å². The molecule has 1 N–H and O–H groups in total. The summed E-state index contributed by atoms with van der Waals surface area (Å²) in [6, 6.07) is 20.3. The molecule has 0 saturated heterocycles. The number of rotatable bonds is 5. The van der Waals surface area contributed by atoms with E-state index in [1.165, 1.54) is 0 Å². The van der Waals surface area contributed by atoms with Gasteiger partial charge in [0.15, 0.2) is 0 Å². The van der Waals surface area contributed by atoms with Gasteiger partial charge >= 0.3 is 0 Å². The molecule has 0 unspecified atom stereocenters. The first-order valence-electron chi connectivity index (χ1n) is 8.42. The molecule has 4 rings (SSSR count). The van der Waals surface area contributed by atoms with Gasteiger partial charge < -0.3 is 5.32 Å². The maximum Gasteiger partial charge on any atom is 0.278 e. The van der Waals surface area contributed by atoms with Crippen molar-refractivity contribution in [3.05, 3.63) is 92.9 Å². The molecule has 0 fully saturated rings. The Kier molecular flexibility index (Phi) is 4.76. The van der Waals surface area contributed by atoms with Crippen molar-refractivity contribution in [2.75, 3.05) is 0 Å². The van der Waals surface area contributed by atoms with Crippen LogP contribution in [0.1, 0.15) is 16.5 Å². The van der Waals surface area contributed by atoms with Gasteiger partial charge in [0.25, 0.3) is 5.56 Å². The maximum absolute atomic E-state index is 12.6. The van der Waals surface area contributed by atoms with Gasteiger partial charge in [-0.15, -0.1) is 16.4 Å². The Morgan fingerprint density at radius 2 is 1.81 bits per heavy atom. The third-order valence-electron chi connectivity index (χ3n) is 4.19. The number of carbonyl (C=O) groups is 1. The van der Waals surface area contributed by atoms with E-state index < -0.39 is 0 Å². The molecule has 0 bridgehead atoms. The van der Waals surface area contributed by atoms with Gasteiger partial charge in [-0.1, -0.05) is 53.7 Å². The second kappa shape index (κ2) is 7.51. The van der Waals surface area contributed by atoms with E-state index in [0.717, 1.165) is 15.1 Å². The van der Waals surface area contributed by atoms with Crippen molar-refractivity contribution in [1.82, 2.24) is 20.3 Å². The normalized spacial score (nSPS) is 12.0. The van der Waals surface area contributed by atoms with Crippen molar-refractivity contribution in [2.45, 2.75) is 12.6 Å². The van der Waals surface area contributed by atoms with Gasteiger partial charge in [0.2, 0.25) is 5.91 Å². The quantitative estimate of drug-likeness (QED) is 0.581. The van der Waals surface area contributed by atoms with E-state index in [-0.39, 0.29) is 24.1 Å². The van der Waals surface area contributed by atoms with Crippen molar-refractivity contribution >= 4 is 28.1 Å². The molecular weight excluding hydrogens is 360 g/mol. The zero-order chi connectivity index (χ0) is 18.6. The minimum atomic E-state index is -0.330. The van der Waals surface area contributed by atoms with E-state index in [2.05, 4.69) is 15.6 Å². The molecule has 0 aliphatic heterocycles. The molecule has 4 aromatic rings. The lowest BCUT2D eigenvalue weighted by Crippen LogP contribution is -2.36. The Hall–Kier alpha value is -3.32. The minimum absolute atomic E-state index is 0.189. The van der Waals surface area contributed by atoms with Gasteiger partial charge in [-0.2, -0.15) is 0 Å². The number of benzene rings is 2. The standard InChI is InChI=1S/C20H16N4O2S/c25-18(13-24-20(26)15-9-4-5-10-16(15)22-23-24)21-19(17-11-6-12-27-17)14-7-2-1-3-8-14/h1-12,19H,13H2,(H,21,25)/t19-/m0/s1. The molecule has 2 heterocycles. The van der Waals surface area contributed by atoms with E-state index in [0.29, 0.717) is 10.9 Å². The van der Waals surface area contributed by atoms with Crippen molar-refractivity contribution in [1.29, 1.82) is 0 Å². The fourth-order valence-electron chi connectivity index (χ4n) is 2.89. The predicted octanol–water partition coefficient (Wildman–Crippen LogP) is 2.76. The van der Waals surface area contributed by atoms with Crippen LogP contribution in [0.15, 0.2) is 76.9 Å². The lowest BCUT2D eigenvalue weighted by atomic mass is 10.1. The average molecular weight is 376 g/mol. The smallest absolute Gasteiger partial charge is 0.278 e. The first-order valence-corrected chi connectivity index (χ1v) is 9.30. The molecular formula is C20H16N4O2S. The average Bonchev–Trinajstić information content (AvgIpc) is 3.24. The van der Waals surface area contributed by atoms with Gasteiger partial charge in [-0.3, -0.25) is 9.59 Å². The third-order valence-corrected chi connectivity index (χ3v) is 5.13. The minimum Gasteiger partial charge on any atom is -0.343 e. The van der Waals surface area contributed by atoms with Crippen molar-refractivity contribution < 1.29 is 4.79 Å². The summed E-state index contributed by atoms with van der Waals surface area (Å²) in [6.45, 7) is -0.189. The Bertz CT molecular complexity index is 1120. The third kappa shape index (κ3) is 3.63. The highest BCUT2D eigenvalue weighted by molar-refractivity contribution is 7.10. The Morgan fingerprint density at radius 3 is 2.59 bits per heavy atom. The summed E-state index contributed by atoms with van der Waals surface area (Å²) in [5.74, 6) is -0.302. The van der Waals surface area contributed by atoms with E-state index in [1.54, 1.807) is 35.6 Å². The van der Waals surface area contributed by atoms with Crippen LogP contribution in [0, 0.1) is 0 Å². The van der Waals surface area contributed by atoms with E-state index in [4.69, 9.17) is 0 Å². The highest BCUT2D eigenvalue weighted by atomic mass is 32.1. The summed E-state index contributed by atoms with van der Waals surface area (Å²) in [6.07, 6.45) is 0. The fraction of sp³-hybridized carbons (Fsp3) is 0.100. The summed E-state index contributed by atoms with van der Waals surface area (Å²) in [7, 11) is 0. The molecule has 0 aliphatic rings. The topological polar surface area (TPSA) is 76.9 Å². The molecule has 0 aliphatic carbocycles. The summed E-state index contributed by atoms with van der Waals surface area (Å²) >= 11 is 1.57. The number of nitrogens with zero attached hydrogens (tertiary/aromatic N) is 3. The fourth-order valence-corrected chi connectivity index (χ4v) is 3.69. The number of hydrogen-bond acceptors (Lipinski definition) is 5. The highest BCUT2D eigenvalue weighted by Crippen LogP contribution is 2.25. The SMILES string of the molecule is O=C(Cn1nnc2ccccc2c1=O)N[C@@H](c1ccccc1)c1cccs1.